The zero-order chi connectivity index (χ0) is 14.6. The first kappa shape index (κ1) is 13.6. The van der Waals surface area contributed by atoms with Crippen LogP contribution in [-0.4, -0.2) is 13.7 Å². The van der Waals surface area contributed by atoms with Crippen LogP contribution >= 0.6 is 0 Å². The highest BCUT2D eigenvalue weighted by Crippen LogP contribution is 2.72. The quantitative estimate of drug-likeness (QED) is 0.890. The fraction of sp³-hybridized carbons (Fsp3) is 0.667. The van der Waals surface area contributed by atoms with E-state index in [0.29, 0.717) is 11.7 Å². The summed E-state index contributed by atoms with van der Waals surface area (Å²) in [6.45, 7) is 3.00. The molecule has 3 aliphatic carbocycles. The summed E-state index contributed by atoms with van der Waals surface area (Å²) in [5.74, 6) is 4.68. The van der Waals surface area contributed by atoms with Crippen molar-refractivity contribution in [3.8, 4) is 5.75 Å². The maximum Gasteiger partial charge on any atom is 0.131 e. The Morgan fingerprint density at radius 3 is 2.57 bits per heavy atom. The predicted molar refractivity (Wildman–Crippen MR) is 80.7 cm³/mol. The molecule has 5 atom stereocenters. The topological polar surface area (TPSA) is 21.3 Å². The van der Waals surface area contributed by atoms with Gasteiger partial charge in [-0.3, -0.25) is 0 Å². The van der Waals surface area contributed by atoms with Crippen molar-refractivity contribution in [2.45, 2.75) is 32.2 Å². The zero-order valence-electron chi connectivity index (χ0n) is 12.8. The summed E-state index contributed by atoms with van der Waals surface area (Å²) < 4.78 is 19.6. The Bertz CT molecular complexity index is 530. The Hall–Kier alpha value is -1.09. The molecular weight excluding hydrogens is 265 g/mol. The van der Waals surface area contributed by atoms with Crippen LogP contribution in [0.4, 0.5) is 4.39 Å². The summed E-state index contributed by atoms with van der Waals surface area (Å²) in [4.78, 5) is 0. The molecule has 3 heteroatoms. The van der Waals surface area contributed by atoms with Crippen LogP contribution in [0.15, 0.2) is 18.2 Å². The molecule has 0 spiro atoms. The van der Waals surface area contributed by atoms with E-state index >= 15 is 0 Å². The van der Waals surface area contributed by atoms with Crippen LogP contribution in [-0.2, 0) is 0 Å². The number of hydrogen-bond acceptors (Lipinski definition) is 2. The number of nitrogens with one attached hydrogen (secondary N) is 1. The smallest absolute Gasteiger partial charge is 0.131 e. The van der Waals surface area contributed by atoms with Crippen LogP contribution < -0.4 is 10.1 Å². The van der Waals surface area contributed by atoms with Gasteiger partial charge in [0.05, 0.1) is 7.11 Å². The van der Waals surface area contributed by atoms with E-state index in [2.05, 4.69) is 12.2 Å². The van der Waals surface area contributed by atoms with Crippen molar-refractivity contribution in [1.82, 2.24) is 5.32 Å². The molecule has 2 nitrogen and oxygen atoms in total. The second kappa shape index (κ2) is 4.98. The summed E-state index contributed by atoms with van der Waals surface area (Å²) in [6, 6.07) is 5.50. The summed E-state index contributed by atoms with van der Waals surface area (Å²) in [6.07, 6.45) is 4.26. The van der Waals surface area contributed by atoms with E-state index in [1.165, 1.54) is 25.3 Å². The van der Waals surface area contributed by atoms with Crippen LogP contribution in [0.3, 0.4) is 0 Å². The summed E-state index contributed by atoms with van der Waals surface area (Å²) in [7, 11) is 1.58. The fourth-order valence-corrected chi connectivity index (χ4v) is 5.40. The van der Waals surface area contributed by atoms with Gasteiger partial charge in [-0.25, -0.2) is 4.39 Å². The summed E-state index contributed by atoms with van der Waals surface area (Å²) in [5.41, 5.74) is 0.830. The minimum atomic E-state index is -0.127. The van der Waals surface area contributed by atoms with Crippen molar-refractivity contribution in [2.24, 2.45) is 29.6 Å². The van der Waals surface area contributed by atoms with E-state index in [1.54, 1.807) is 7.11 Å². The lowest BCUT2D eigenvalue weighted by Gasteiger charge is -2.22. The van der Waals surface area contributed by atoms with E-state index in [1.807, 2.05) is 12.1 Å². The van der Waals surface area contributed by atoms with E-state index in [4.69, 9.17) is 4.74 Å². The van der Waals surface area contributed by atoms with E-state index in [9.17, 15) is 4.39 Å². The first-order valence-electron chi connectivity index (χ1n) is 8.31. The van der Waals surface area contributed by atoms with Gasteiger partial charge in [-0.2, -0.15) is 0 Å². The van der Waals surface area contributed by atoms with Gasteiger partial charge in [0.25, 0.3) is 0 Å². The van der Waals surface area contributed by atoms with Gasteiger partial charge in [-0.15, -0.1) is 0 Å². The molecule has 1 aromatic rings. The van der Waals surface area contributed by atoms with Gasteiger partial charge in [-0.05, 0) is 61.5 Å². The number of rotatable bonds is 5. The molecule has 21 heavy (non-hydrogen) atoms. The molecule has 114 valence electrons. The Labute approximate surface area is 126 Å². The van der Waals surface area contributed by atoms with Crippen molar-refractivity contribution in [2.75, 3.05) is 13.7 Å². The number of methoxy groups -OCH3 is 1. The molecule has 0 saturated heterocycles. The van der Waals surface area contributed by atoms with Crippen molar-refractivity contribution in [3.05, 3.63) is 29.6 Å². The number of halogens is 1. The highest BCUT2D eigenvalue weighted by Gasteiger charge is 2.66. The summed E-state index contributed by atoms with van der Waals surface area (Å²) in [5, 5.41) is 3.56. The molecular formula is C18H24FNO. The normalized spacial score (nSPS) is 37.4. The molecule has 0 aromatic heterocycles. The fourth-order valence-electron chi connectivity index (χ4n) is 5.40. The molecule has 3 aliphatic rings. The predicted octanol–water partition coefficient (Wildman–Crippen LogP) is 3.78. The Kier molecular flexibility index (Phi) is 3.21. The first-order valence-corrected chi connectivity index (χ1v) is 8.31. The van der Waals surface area contributed by atoms with Gasteiger partial charge < -0.3 is 10.1 Å². The molecule has 0 heterocycles. The number of ether oxygens (including phenoxy) is 1. The van der Waals surface area contributed by atoms with Gasteiger partial charge in [0.2, 0.25) is 0 Å². The number of fused-ring (bicyclic) bond motifs is 5. The highest BCUT2D eigenvalue weighted by atomic mass is 19.1. The third-order valence-electron chi connectivity index (χ3n) is 6.15. The van der Waals surface area contributed by atoms with Crippen LogP contribution in [0.1, 0.15) is 37.8 Å². The lowest BCUT2D eigenvalue weighted by molar-refractivity contribution is 0.364. The average Bonchev–Trinajstić information content (AvgIpc) is 2.90. The molecule has 1 aromatic carbocycles. The lowest BCUT2D eigenvalue weighted by atomic mass is 9.92. The molecule has 3 fully saturated rings. The van der Waals surface area contributed by atoms with Gasteiger partial charge in [0.15, 0.2) is 0 Å². The van der Waals surface area contributed by atoms with Crippen molar-refractivity contribution >= 4 is 0 Å². The van der Waals surface area contributed by atoms with Gasteiger partial charge in [0, 0.05) is 17.7 Å². The maximum absolute atomic E-state index is 14.5. The SMILES string of the molecule is CCNC(c1ccc(OC)cc1F)C1C2C3CCC(C3)C21. The maximum atomic E-state index is 14.5. The van der Waals surface area contributed by atoms with E-state index in [0.717, 1.165) is 35.8 Å². The third-order valence-corrected chi connectivity index (χ3v) is 6.15. The molecule has 5 unspecified atom stereocenters. The van der Waals surface area contributed by atoms with E-state index < -0.39 is 0 Å². The standard InChI is InChI=1S/C18H24FNO/c1-3-20-18(13-7-6-12(21-2)9-14(13)19)17-15-10-4-5-11(8-10)16(15)17/h6-7,9-11,15-18,20H,3-5,8H2,1-2H3. The number of benzene rings is 1. The van der Waals surface area contributed by atoms with Crippen molar-refractivity contribution in [3.63, 3.8) is 0 Å². The molecule has 0 aliphatic heterocycles. The molecule has 2 bridgehead atoms. The third kappa shape index (κ3) is 2.01. The van der Waals surface area contributed by atoms with Crippen LogP contribution in [0, 0.1) is 35.4 Å². The molecule has 4 rings (SSSR count). The Morgan fingerprint density at radius 1 is 1.29 bits per heavy atom. The second-order valence-corrected chi connectivity index (χ2v) is 6.99. The van der Waals surface area contributed by atoms with Crippen LogP contribution in [0.25, 0.3) is 0 Å². The van der Waals surface area contributed by atoms with Crippen molar-refractivity contribution < 1.29 is 9.13 Å². The molecule has 0 radical (unpaired) electrons. The highest BCUT2D eigenvalue weighted by molar-refractivity contribution is 5.33. The summed E-state index contributed by atoms with van der Waals surface area (Å²) >= 11 is 0. The molecule has 1 N–H and O–H groups in total. The number of hydrogen-bond donors (Lipinski definition) is 1. The van der Waals surface area contributed by atoms with Crippen molar-refractivity contribution in [1.29, 1.82) is 0 Å². The Balaban J connectivity index is 1.61. The largest absolute Gasteiger partial charge is 0.497 e. The Morgan fingerprint density at radius 2 is 2.00 bits per heavy atom. The second-order valence-electron chi connectivity index (χ2n) is 6.99. The monoisotopic (exact) mass is 289 g/mol. The molecule has 3 saturated carbocycles. The lowest BCUT2D eigenvalue weighted by Crippen LogP contribution is -2.26. The van der Waals surface area contributed by atoms with Gasteiger partial charge in [0.1, 0.15) is 11.6 Å². The molecule has 0 amide bonds. The van der Waals surface area contributed by atoms with Crippen LogP contribution in [0.5, 0.6) is 5.75 Å². The van der Waals surface area contributed by atoms with E-state index in [-0.39, 0.29) is 11.9 Å². The zero-order valence-corrected chi connectivity index (χ0v) is 12.8. The van der Waals surface area contributed by atoms with Crippen LogP contribution in [0.2, 0.25) is 0 Å². The average molecular weight is 289 g/mol. The minimum absolute atomic E-state index is 0.127. The van der Waals surface area contributed by atoms with Gasteiger partial charge >= 0.3 is 0 Å². The first-order chi connectivity index (χ1) is 10.2. The minimum Gasteiger partial charge on any atom is -0.497 e. The van der Waals surface area contributed by atoms with Gasteiger partial charge in [-0.1, -0.05) is 13.0 Å².